The van der Waals surface area contributed by atoms with Crippen molar-refractivity contribution in [3.8, 4) is 11.3 Å². The fraction of sp³-hybridized carbons (Fsp3) is 0.308. The van der Waals surface area contributed by atoms with Crippen molar-refractivity contribution in [2.45, 2.75) is 12.7 Å². The van der Waals surface area contributed by atoms with Crippen molar-refractivity contribution in [3.63, 3.8) is 0 Å². The van der Waals surface area contributed by atoms with Crippen LogP contribution in [0.1, 0.15) is 11.4 Å². The highest BCUT2D eigenvalue weighted by Crippen LogP contribution is 2.33. The van der Waals surface area contributed by atoms with E-state index in [0.29, 0.717) is 23.6 Å². The highest BCUT2D eigenvalue weighted by atomic mass is 19.4. The van der Waals surface area contributed by atoms with Gasteiger partial charge in [0.1, 0.15) is 5.82 Å². The van der Waals surface area contributed by atoms with E-state index in [9.17, 15) is 13.2 Å². The first-order valence-corrected chi connectivity index (χ1v) is 5.92. The van der Waals surface area contributed by atoms with E-state index >= 15 is 0 Å². The average Bonchev–Trinajstić information content (AvgIpc) is 2.74. The van der Waals surface area contributed by atoms with Crippen LogP contribution in [-0.2, 0) is 12.7 Å². The predicted molar refractivity (Wildman–Crippen MR) is 70.8 cm³/mol. The second-order valence-electron chi connectivity index (χ2n) is 4.82. The van der Waals surface area contributed by atoms with Crippen molar-refractivity contribution < 1.29 is 13.2 Å². The van der Waals surface area contributed by atoms with E-state index in [2.05, 4.69) is 9.97 Å². The van der Waals surface area contributed by atoms with Gasteiger partial charge in [0, 0.05) is 11.3 Å². The molecule has 0 amide bonds. The van der Waals surface area contributed by atoms with E-state index in [1.54, 1.807) is 0 Å². The van der Waals surface area contributed by atoms with Crippen LogP contribution in [0.4, 0.5) is 18.9 Å². The Kier molecular flexibility index (Phi) is 3.71. The van der Waals surface area contributed by atoms with Crippen LogP contribution in [0.2, 0.25) is 0 Å². The van der Waals surface area contributed by atoms with Crippen LogP contribution in [0.15, 0.2) is 24.4 Å². The molecular formula is C13H15F3N4. The number of hydrogen-bond donors (Lipinski definition) is 2. The van der Waals surface area contributed by atoms with Gasteiger partial charge in [-0.2, -0.15) is 13.2 Å². The van der Waals surface area contributed by atoms with Gasteiger partial charge in [0.05, 0.1) is 24.0 Å². The molecular weight excluding hydrogens is 269 g/mol. The number of anilines is 1. The molecule has 20 heavy (non-hydrogen) atoms. The van der Waals surface area contributed by atoms with Crippen molar-refractivity contribution in [2.24, 2.45) is 0 Å². The molecule has 2 rings (SSSR count). The lowest BCUT2D eigenvalue weighted by Crippen LogP contribution is -2.11. The summed E-state index contributed by atoms with van der Waals surface area (Å²) >= 11 is 0. The molecule has 0 unspecified atom stereocenters. The van der Waals surface area contributed by atoms with Crippen LogP contribution in [0, 0.1) is 0 Å². The summed E-state index contributed by atoms with van der Waals surface area (Å²) in [4.78, 5) is 9.03. The molecule has 0 spiro atoms. The lowest BCUT2D eigenvalue weighted by molar-refractivity contribution is -0.137. The smallest absolute Gasteiger partial charge is 0.399 e. The van der Waals surface area contributed by atoms with Gasteiger partial charge in [-0.05, 0) is 32.3 Å². The Morgan fingerprint density at radius 2 is 1.95 bits per heavy atom. The van der Waals surface area contributed by atoms with E-state index in [1.165, 1.54) is 12.3 Å². The van der Waals surface area contributed by atoms with Gasteiger partial charge < -0.3 is 15.6 Å². The maximum Gasteiger partial charge on any atom is 0.416 e. The van der Waals surface area contributed by atoms with Crippen molar-refractivity contribution >= 4 is 5.69 Å². The number of nitrogens with two attached hydrogens (primary N) is 1. The Balaban J connectivity index is 2.37. The monoisotopic (exact) mass is 284 g/mol. The van der Waals surface area contributed by atoms with Gasteiger partial charge in [-0.1, -0.05) is 0 Å². The zero-order valence-electron chi connectivity index (χ0n) is 11.1. The summed E-state index contributed by atoms with van der Waals surface area (Å²) in [6.07, 6.45) is -2.91. The summed E-state index contributed by atoms with van der Waals surface area (Å²) < 4.78 is 38.3. The van der Waals surface area contributed by atoms with Crippen LogP contribution in [-0.4, -0.2) is 29.0 Å². The maximum atomic E-state index is 12.8. The number of aromatic amines is 1. The number of imidazole rings is 1. The molecule has 1 heterocycles. The zero-order chi connectivity index (χ0) is 14.9. The lowest BCUT2D eigenvalue weighted by Gasteiger charge is -2.10. The molecule has 2 aromatic rings. The first kappa shape index (κ1) is 14.4. The average molecular weight is 284 g/mol. The summed E-state index contributed by atoms with van der Waals surface area (Å²) in [6.45, 7) is 0.578. The molecule has 7 heteroatoms. The third-order valence-electron chi connectivity index (χ3n) is 2.69. The lowest BCUT2D eigenvalue weighted by atomic mass is 10.1. The number of halogens is 3. The molecule has 0 saturated heterocycles. The van der Waals surface area contributed by atoms with Gasteiger partial charge in [-0.15, -0.1) is 0 Å². The standard InChI is InChI=1S/C13H15F3N4/c1-20(2)7-12-18-6-11(19-12)8-3-9(13(14,15)16)5-10(17)4-8/h3-6H,7,17H2,1-2H3,(H,18,19). The normalized spacial score (nSPS) is 12.1. The van der Waals surface area contributed by atoms with E-state index < -0.39 is 11.7 Å². The number of alkyl halides is 3. The quantitative estimate of drug-likeness (QED) is 0.852. The molecule has 0 saturated carbocycles. The van der Waals surface area contributed by atoms with E-state index in [1.807, 2.05) is 19.0 Å². The molecule has 3 N–H and O–H groups in total. The highest BCUT2D eigenvalue weighted by molar-refractivity contribution is 5.65. The number of rotatable bonds is 3. The summed E-state index contributed by atoms with van der Waals surface area (Å²) in [5.74, 6) is 0.681. The van der Waals surface area contributed by atoms with E-state index in [4.69, 9.17) is 5.73 Å². The number of hydrogen-bond acceptors (Lipinski definition) is 3. The Morgan fingerprint density at radius 1 is 1.25 bits per heavy atom. The number of nitrogens with one attached hydrogen (secondary N) is 1. The first-order valence-electron chi connectivity index (χ1n) is 5.92. The minimum atomic E-state index is -4.42. The molecule has 0 fully saturated rings. The molecule has 0 aliphatic carbocycles. The Bertz CT molecular complexity index is 602. The topological polar surface area (TPSA) is 57.9 Å². The van der Waals surface area contributed by atoms with Crippen molar-refractivity contribution in [1.82, 2.24) is 14.9 Å². The largest absolute Gasteiger partial charge is 0.416 e. The van der Waals surface area contributed by atoms with Crippen LogP contribution >= 0.6 is 0 Å². The van der Waals surface area contributed by atoms with Crippen LogP contribution < -0.4 is 5.73 Å². The predicted octanol–water partition coefficient (Wildman–Crippen LogP) is 2.74. The fourth-order valence-corrected chi connectivity index (χ4v) is 1.86. The number of benzene rings is 1. The number of aromatic nitrogens is 2. The molecule has 0 bridgehead atoms. The Hall–Kier alpha value is -2.02. The molecule has 4 nitrogen and oxygen atoms in total. The number of nitrogens with zero attached hydrogens (tertiary/aromatic N) is 2. The maximum absolute atomic E-state index is 12.8. The minimum absolute atomic E-state index is 0.0681. The molecule has 108 valence electrons. The third kappa shape index (κ3) is 3.30. The summed E-state index contributed by atoms with van der Waals surface area (Å²) in [6, 6.07) is 3.46. The first-order chi connectivity index (χ1) is 9.25. The Morgan fingerprint density at radius 3 is 2.55 bits per heavy atom. The van der Waals surface area contributed by atoms with Crippen LogP contribution in [0.5, 0.6) is 0 Å². The summed E-state index contributed by atoms with van der Waals surface area (Å²) in [5, 5.41) is 0. The number of H-pyrrole nitrogens is 1. The van der Waals surface area contributed by atoms with Crippen molar-refractivity contribution in [2.75, 3.05) is 19.8 Å². The fourth-order valence-electron chi connectivity index (χ4n) is 1.86. The molecule has 0 radical (unpaired) electrons. The zero-order valence-corrected chi connectivity index (χ0v) is 11.1. The van der Waals surface area contributed by atoms with E-state index in [0.717, 1.165) is 12.1 Å². The van der Waals surface area contributed by atoms with Crippen molar-refractivity contribution in [1.29, 1.82) is 0 Å². The van der Waals surface area contributed by atoms with Gasteiger partial charge in [0.15, 0.2) is 0 Å². The van der Waals surface area contributed by atoms with Gasteiger partial charge >= 0.3 is 6.18 Å². The van der Waals surface area contributed by atoms with Gasteiger partial charge in [0.2, 0.25) is 0 Å². The molecule has 0 aliphatic rings. The molecule has 0 aliphatic heterocycles. The number of nitrogen functional groups attached to an aromatic ring is 1. The van der Waals surface area contributed by atoms with Crippen molar-refractivity contribution in [3.05, 3.63) is 35.8 Å². The molecule has 0 atom stereocenters. The third-order valence-corrected chi connectivity index (χ3v) is 2.69. The summed E-state index contributed by atoms with van der Waals surface area (Å²) in [5.41, 5.74) is 5.72. The van der Waals surface area contributed by atoms with Gasteiger partial charge in [0.25, 0.3) is 0 Å². The SMILES string of the molecule is CN(C)Cc1ncc(-c2cc(N)cc(C(F)(F)F)c2)[nH]1. The van der Waals surface area contributed by atoms with Gasteiger partial charge in [-0.25, -0.2) is 4.98 Å². The Labute approximate surface area is 114 Å². The summed E-state index contributed by atoms with van der Waals surface area (Å²) in [7, 11) is 3.76. The molecule has 1 aromatic carbocycles. The van der Waals surface area contributed by atoms with E-state index in [-0.39, 0.29) is 5.69 Å². The second kappa shape index (κ2) is 5.16. The van der Waals surface area contributed by atoms with Crippen LogP contribution in [0.3, 0.4) is 0 Å². The molecule has 1 aromatic heterocycles. The highest BCUT2D eigenvalue weighted by Gasteiger charge is 2.31. The van der Waals surface area contributed by atoms with Crippen LogP contribution in [0.25, 0.3) is 11.3 Å². The van der Waals surface area contributed by atoms with Gasteiger partial charge in [-0.3, -0.25) is 0 Å². The minimum Gasteiger partial charge on any atom is -0.399 e. The second-order valence-corrected chi connectivity index (χ2v) is 4.82.